The number of nitrogens with one attached hydrogen (secondary N) is 2. The zero-order valence-corrected chi connectivity index (χ0v) is 12.9. The number of halogens is 1. The van der Waals surface area contributed by atoms with Crippen molar-refractivity contribution >= 4 is 18.3 Å². The first kappa shape index (κ1) is 20.0. The second-order valence-corrected chi connectivity index (χ2v) is 5.03. The van der Waals surface area contributed by atoms with E-state index in [1.54, 1.807) is 7.11 Å². The summed E-state index contributed by atoms with van der Waals surface area (Å²) in [6, 6.07) is 0. The van der Waals surface area contributed by atoms with Crippen LogP contribution in [0.1, 0.15) is 33.6 Å². The third-order valence-electron chi connectivity index (χ3n) is 2.51. The van der Waals surface area contributed by atoms with Crippen LogP contribution < -0.4 is 10.6 Å². The molecule has 0 heterocycles. The van der Waals surface area contributed by atoms with Gasteiger partial charge in [0, 0.05) is 33.2 Å². The minimum atomic E-state index is 0. The minimum absolute atomic E-state index is 0. The van der Waals surface area contributed by atoms with Crippen LogP contribution in [0.25, 0.3) is 0 Å². The first-order valence-corrected chi connectivity index (χ1v) is 6.52. The Morgan fingerprint density at radius 3 is 2.39 bits per heavy atom. The molecule has 0 saturated carbocycles. The zero-order chi connectivity index (χ0) is 13.1. The highest BCUT2D eigenvalue weighted by molar-refractivity contribution is 5.85. The molecule has 1 amide bonds. The Hall–Kier alpha value is -0.320. The van der Waals surface area contributed by atoms with Gasteiger partial charge in [0.1, 0.15) is 0 Å². The van der Waals surface area contributed by atoms with Crippen molar-refractivity contribution in [3.63, 3.8) is 0 Å². The van der Waals surface area contributed by atoms with Gasteiger partial charge in [-0.1, -0.05) is 20.8 Å². The van der Waals surface area contributed by atoms with Crippen LogP contribution in [0.3, 0.4) is 0 Å². The van der Waals surface area contributed by atoms with Crippen molar-refractivity contribution in [2.45, 2.75) is 33.6 Å². The normalized spacial score (nSPS) is 12.1. The van der Waals surface area contributed by atoms with E-state index in [0.717, 1.165) is 19.5 Å². The Morgan fingerprint density at radius 2 is 1.83 bits per heavy atom. The summed E-state index contributed by atoms with van der Waals surface area (Å²) < 4.78 is 4.91. The van der Waals surface area contributed by atoms with Crippen molar-refractivity contribution in [1.82, 2.24) is 10.6 Å². The molecule has 1 atom stereocenters. The first-order valence-electron chi connectivity index (χ1n) is 6.52. The number of methoxy groups -OCH3 is 1. The van der Waals surface area contributed by atoms with Gasteiger partial charge in [-0.2, -0.15) is 0 Å². The molecule has 0 bridgehead atoms. The van der Waals surface area contributed by atoms with E-state index in [4.69, 9.17) is 4.74 Å². The van der Waals surface area contributed by atoms with Crippen molar-refractivity contribution in [2.24, 2.45) is 11.8 Å². The molecule has 0 saturated heterocycles. The van der Waals surface area contributed by atoms with Gasteiger partial charge in [-0.25, -0.2) is 0 Å². The first-order chi connectivity index (χ1) is 8.06. The molecule has 1 unspecified atom stereocenters. The van der Waals surface area contributed by atoms with Crippen LogP contribution >= 0.6 is 12.4 Å². The molecule has 0 aliphatic carbocycles. The number of rotatable bonds is 10. The standard InChI is InChI=1S/C13H28N2O2.ClH/c1-11(2)9-12(3)10-13(16)15-6-5-14-7-8-17-4;/h11-12,14H,5-10H2,1-4H3,(H,15,16);1H. The monoisotopic (exact) mass is 280 g/mol. The number of hydrogen-bond acceptors (Lipinski definition) is 3. The Kier molecular flexibility index (Phi) is 14.6. The van der Waals surface area contributed by atoms with E-state index in [-0.39, 0.29) is 18.3 Å². The number of ether oxygens (including phenoxy) is 1. The molecular formula is C13H29ClN2O2. The maximum Gasteiger partial charge on any atom is 0.220 e. The molecule has 0 spiro atoms. The third kappa shape index (κ3) is 13.7. The molecule has 0 aromatic heterocycles. The van der Waals surface area contributed by atoms with Gasteiger partial charge in [-0.15, -0.1) is 12.4 Å². The molecular weight excluding hydrogens is 252 g/mol. The lowest BCUT2D eigenvalue weighted by Crippen LogP contribution is -2.33. The molecule has 5 heteroatoms. The van der Waals surface area contributed by atoms with Crippen LogP contribution in [0.4, 0.5) is 0 Å². The Morgan fingerprint density at radius 1 is 1.17 bits per heavy atom. The highest BCUT2D eigenvalue weighted by Crippen LogP contribution is 2.13. The molecule has 0 aliphatic rings. The van der Waals surface area contributed by atoms with Gasteiger partial charge < -0.3 is 15.4 Å². The van der Waals surface area contributed by atoms with E-state index in [0.29, 0.717) is 31.4 Å². The number of hydrogen-bond donors (Lipinski definition) is 2. The molecule has 0 aromatic rings. The molecule has 0 fully saturated rings. The quantitative estimate of drug-likeness (QED) is 0.601. The van der Waals surface area contributed by atoms with Gasteiger partial charge in [0.15, 0.2) is 0 Å². The van der Waals surface area contributed by atoms with E-state index in [1.165, 1.54) is 0 Å². The fourth-order valence-electron chi connectivity index (χ4n) is 1.87. The van der Waals surface area contributed by atoms with Crippen LogP contribution in [0.2, 0.25) is 0 Å². The Labute approximate surface area is 118 Å². The lowest BCUT2D eigenvalue weighted by molar-refractivity contribution is -0.121. The lowest BCUT2D eigenvalue weighted by Gasteiger charge is -2.13. The molecule has 18 heavy (non-hydrogen) atoms. The number of amides is 1. The van der Waals surface area contributed by atoms with Gasteiger partial charge in [0.05, 0.1) is 6.61 Å². The average Bonchev–Trinajstić information content (AvgIpc) is 2.21. The summed E-state index contributed by atoms with van der Waals surface area (Å²) in [6.07, 6.45) is 1.75. The molecule has 110 valence electrons. The maximum atomic E-state index is 11.6. The molecule has 0 rings (SSSR count). The van der Waals surface area contributed by atoms with Gasteiger partial charge in [-0.3, -0.25) is 4.79 Å². The fraction of sp³-hybridized carbons (Fsp3) is 0.923. The van der Waals surface area contributed by atoms with Crippen LogP contribution in [0, 0.1) is 11.8 Å². The van der Waals surface area contributed by atoms with E-state index >= 15 is 0 Å². The van der Waals surface area contributed by atoms with E-state index in [2.05, 4.69) is 31.4 Å². The molecule has 0 aromatic carbocycles. The smallest absolute Gasteiger partial charge is 0.220 e. The predicted molar refractivity (Wildman–Crippen MR) is 78.2 cm³/mol. The van der Waals surface area contributed by atoms with Crippen molar-refractivity contribution < 1.29 is 9.53 Å². The van der Waals surface area contributed by atoms with Crippen molar-refractivity contribution in [3.05, 3.63) is 0 Å². The molecule has 4 nitrogen and oxygen atoms in total. The van der Waals surface area contributed by atoms with Crippen LogP contribution in [0.5, 0.6) is 0 Å². The molecule has 2 N–H and O–H groups in total. The van der Waals surface area contributed by atoms with Gasteiger partial charge in [0.2, 0.25) is 5.91 Å². The lowest BCUT2D eigenvalue weighted by atomic mass is 9.96. The van der Waals surface area contributed by atoms with Crippen LogP contribution in [-0.4, -0.2) is 39.3 Å². The summed E-state index contributed by atoms with van der Waals surface area (Å²) in [5.41, 5.74) is 0. The topological polar surface area (TPSA) is 50.4 Å². The fourth-order valence-corrected chi connectivity index (χ4v) is 1.87. The summed E-state index contributed by atoms with van der Waals surface area (Å²) in [6.45, 7) is 9.54. The summed E-state index contributed by atoms with van der Waals surface area (Å²) in [5.74, 6) is 1.29. The summed E-state index contributed by atoms with van der Waals surface area (Å²) in [7, 11) is 1.68. The highest BCUT2D eigenvalue weighted by Gasteiger charge is 2.09. The average molecular weight is 281 g/mol. The highest BCUT2D eigenvalue weighted by atomic mass is 35.5. The summed E-state index contributed by atoms with van der Waals surface area (Å²) in [5, 5.41) is 6.11. The minimum Gasteiger partial charge on any atom is -0.383 e. The number of carbonyl (C=O) groups is 1. The summed E-state index contributed by atoms with van der Waals surface area (Å²) in [4.78, 5) is 11.6. The largest absolute Gasteiger partial charge is 0.383 e. The van der Waals surface area contributed by atoms with Crippen LogP contribution in [-0.2, 0) is 9.53 Å². The van der Waals surface area contributed by atoms with Crippen molar-refractivity contribution in [1.29, 1.82) is 0 Å². The number of carbonyl (C=O) groups excluding carboxylic acids is 1. The maximum absolute atomic E-state index is 11.6. The molecule has 0 radical (unpaired) electrons. The van der Waals surface area contributed by atoms with E-state index < -0.39 is 0 Å². The van der Waals surface area contributed by atoms with Gasteiger partial charge in [0.25, 0.3) is 0 Å². The van der Waals surface area contributed by atoms with Crippen molar-refractivity contribution in [3.8, 4) is 0 Å². The van der Waals surface area contributed by atoms with E-state index in [9.17, 15) is 4.79 Å². The van der Waals surface area contributed by atoms with Crippen molar-refractivity contribution in [2.75, 3.05) is 33.4 Å². The second-order valence-electron chi connectivity index (χ2n) is 5.03. The summed E-state index contributed by atoms with van der Waals surface area (Å²) >= 11 is 0. The third-order valence-corrected chi connectivity index (χ3v) is 2.51. The SMILES string of the molecule is COCCNCCNC(=O)CC(C)CC(C)C.Cl. The van der Waals surface area contributed by atoms with Gasteiger partial charge in [-0.05, 0) is 18.3 Å². The predicted octanol–water partition coefficient (Wildman–Crippen LogP) is 1.83. The van der Waals surface area contributed by atoms with Gasteiger partial charge >= 0.3 is 0 Å². The zero-order valence-electron chi connectivity index (χ0n) is 12.1. The Bertz CT molecular complexity index is 201. The van der Waals surface area contributed by atoms with Crippen LogP contribution in [0.15, 0.2) is 0 Å². The molecule has 0 aliphatic heterocycles. The second kappa shape index (κ2) is 13.1. The Balaban J connectivity index is 0. The van der Waals surface area contributed by atoms with E-state index in [1.807, 2.05) is 0 Å².